The minimum absolute atomic E-state index is 0.0353. The number of Topliss-reactive ketones (excluding diaryl/α,β-unsaturated/α-hetero) is 1. The summed E-state index contributed by atoms with van der Waals surface area (Å²) in [6, 6.07) is 0. The van der Waals surface area contributed by atoms with Gasteiger partial charge in [0.1, 0.15) is 0 Å². The van der Waals surface area contributed by atoms with E-state index in [4.69, 9.17) is 9.47 Å². The fraction of sp³-hybridized carbons (Fsp3) is 0.857. The highest BCUT2D eigenvalue weighted by atomic mass is 16.7. The lowest BCUT2D eigenvalue weighted by Crippen LogP contribution is -2.81. The van der Waals surface area contributed by atoms with Gasteiger partial charge in [-0.25, -0.2) is 0 Å². The van der Waals surface area contributed by atoms with Crippen LogP contribution in [0.3, 0.4) is 0 Å². The lowest BCUT2D eigenvalue weighted by atomic mass is 9.36. The van der Waals surface area contributed by atoms with Crippen molar-refractivity contribution in [2.45, 2.75) is 70.2 Å². The number of aliphatic hydroxyl groups excluding tert-OH is 3. The lowest BCUT2D eigenvalue weighted by Gasteiger charge is -2.73. The van der Waals surface area contributed by atoms with Crippen LogP contribution in [0.2, 0.25) is 0 Å². The number of ether oxygens (including phenoxy) is 2. The molecule has 1 unspecified atom stereocenters. The summed E-state index contributed by atoms with van der Waals surface area (Å²) in [7, 11) is 1.56. The van der Waals surface area contributed by atoms with Gasteiger partial charge in [0.2, 0.25) is 0 Å². The summed E-state index contributed by atoms with van der Waals surface area (Å²) in [5.74, 6) is -1.18. The molecule has 2 saturated heterocycles. The molecule has 2 heterocycles. The molecule has 0 aromatic heterocycles. The quantitative estimate of drug-likeness (QED) is 0.590. The van der Waals surface area contributed by atoms with Crippen molar-refractivity contribution in [2.24, 2.45) is 34.0 Å². The first-order chi connectivity index (χ1) is 12.6. The number of fused-ring (bicyclic) bond motifs is 2. The van der Waals surface area contributed by atoms with Crippen LogP contribution in [0.5, 0.6) is 0 Å². The summed E-state index contributed by atoms with van der Waals surface area (Å²) in [6.07, 6.45) is -1.44. The van der Waals surface area contributed by atoms with E-state index in [1.165, 1.54) is 0 Å². The molecule has 2 aliphatic heterocycles. The standard InChI is InChI=1S/C21H30O6/c1-9-10-7-11(22)15-20-12(19(2,3)6-5-13(20)23)8-14(27-18(20)26-4)21(15,16(9)24)17(10)25/h10-15,17-18,22-23,25H,1,5-8H2,2-4H3/t10-,11-,12+,13+,14-,15-,17+,18+,20+,21?/m0/s1. The minimum atomic E-state index is -1.22. The van der Waals surface area contributed by atoms with Crippen molar-refractivity contribution >= 4 is 5.78 Å². The predicted molar refractivity (Wildman–Crippen MR) is 95.4 cm³/mol. The van der Waals surface area contributed by atoms with Crippen LogP contribution in [0.1, 0.15) is 39.5 Å². The Bertz CT molecular complexity index is 717. The lowest BCUT2D eigenvalue weighted by molar-refractivity contribution is -0.415. The molecular weight excluding hydrogens is 348 g/mol. The average molecular weight is 378 g/mol. The van der Waals surface area contributed by atoms with Crippen molar-refractivity contribution in [1.29, 1.82) is 0 Å². The summed E-state index contributed by atoms with van der Waals surface area (Å²) >= 11 is 0. The van der Waals surface area contributed by atoms with Crippen LogP contribution < -0.4 is 0 Å². The first-order valence-electron chi connectivity index (χ1n) is 10.1. The van der Waals surface area contributed by atoms with Crippen molar-refractivity contribution in [3.8, 4) is 0 Å². The van der Waals surface area contributed by atoms with Crippen LogP contribution in [0.25, 0.3) is 0 Å². The highest BCUT2D eigenvalue weighted by Gasteiger charge is 2.83. The fourth-order valence-electron chi connectivity index (χ4n) is 8.06. The van der Waals surface area contributed by atoms with Crippen LogP contribution in [0, 0.1) is 34.0 Å². The number of hydrogen-bond acceptors (Lipinski definition) is 6. The van der Waals surface area contributed by atoms with E-state index >= 15 is 0 Å². The van der Waals surface area contributed by atoms with Gasteiger partial charge in [-0.05, 0) is 42.6 Å². The highest BCUT2D eigenvalue weighted by Crippen LogP contribution is 2.75. The summed E-state index contributed by atoms with van der Waals surface area (Å²) in [5.41, 5.74) is -1.83. The highest BCUT2D eigenvalue weighted by molar-refractivity contribution is 6.04. The summed E-state index contributed by atoms with van der Waals surface area (Å²) in [4.78, 5) is 13.4. The van der Waals surface area contributed by atoms with Gasteiger partial charge in [-0.1, -0.05) is 20.4 Å². The molecule has 6 fully saturated rings. The Kier molecular flexibility index (Phi) is 3.53. The third kappa shape index (κ3) is 1.71. The Morgan fingerprint density at radius 2 is 1.93 bits per heavy atom. The second kappa shape index (κ2) is 5.22. The van der Waals surface area contributed by atoms with Crippen LogP contribution in [-0.4, -0.2) is 58.9 Å². The normalized spacial score (nSPS) is 58.1. The van der Waals surface area contributed by atoms with Crippen molar-refractivity contribution in [3.05, 3.63) is 12.2 Å². The van der Waals surface area contributed by atoms with Crippen LogP contribution in [-0.2, 0) is 14.3 Å². The molecule has 4 bridgehead atoms. The summed E-state index contributed by atoms with van der Waals surface area (Å²) in [6.45, 7) is 8.33. The van der Waals surface area contributed by atoms with E-state index in [0.717, 1.165) is 6.42 Å². The largest absolute Gasteiger partial charge is 0.393 e. The molecular formula is C21H30O6. The average Bonchev–Trinajstić information content (AvgIpc) is 2.75. The van der Waals surface area contributed by atoms with Crippen LogP contribution in [0.15, 0.2) is 12.2 Å². The fourth-order valence-corrected chi connectivity index (χ4v) is 8.06. The first-order valence-corrected chi connectivity index (χ1v) is 10.1. The van der Waals surface area contributed by atoms with Gasteiger partial charge in [-0.2, -0.15) is 0 Å². The van der Waals surface area contributed by atoms with Crippen molar-refractivity contribution in [3.63, 3.8) is 0 Å². The molecule has 0 radical (unpaired) electrons. The number of methoxy groups -OCH3 is 1. The molecule has 6 aliphatic rings. The third-order valence-electron chi connectivity index (χ3n) is 9.02. The molecule has 6 nitrogen and oxygen atoms in total. The van der Waals surface area contributed by atoms with Gasteiger partial charge in [-0.3, -0.25) is 4.79 Å². The Morgan fingerprint density at radius 1 is 1.22 bits per heavy atom. The molecule has 0 aromatic rings. The molecule has 150 valence electrons. The number of aliphatic hydroxyl groups is 3. The monoisotopic (exact) mass is 378 g/mol. The zero-order valence-electron chi connectivity index (χ0n) is 16.2. The zero-order valence-corrected chi connectivity index (χ0v) is 16.2. The first kappa shape index (κ1) is 18.3. The van der Waals surface area contributed by atoms with Gasteiger partial charge in [0.25, 0.3) is 0 Å². The number of rotatable bonds is 1. The molecule has 4 aliphatic carbocycles. The van der Waals surface area contributed by atoms with E-state index in [1.807, 2.05) is 0 Å². The second-order valence-electron chi connectivity index (χ2n) is 10.1. The molecule has 6 rings (SSSR count). The second-order valence-corrected chi connectivity index (χ2v) is 10.1. The van der Waals surface area contributed by atoms with Gasteiger partial charge in [0.15, 0.2) is 12.1 Å². The number of carbonyl (C=O) groups is 1. The van der Waals surface area contributed by atoms with E-state index < -0.39 is 53.4 Å². The maximum Gasteiger partial charge on any atom is 0.170 e. The van der Waals surface area contributed by atoms with E-state index in [-0.39, 0.29) is 17.1 Å². The molecule has 0 aromatic carbocycles. The van der Waals surface area contributed by atoms with E-state index in [9.17, 15) is 20.1 Å². The van der Waals surface area contributed by atoms with Crippen molar-refractivity contribution in [1.82, 2.24) is 0 Å². The Labute approximate surface area is 159 Å². The number of carbonyl (C=O) groups excluding carboxylic acids is 1. The van der Waals surface area contributed by atoms with Crippen LogP contribution >= 0.6 is 0 Å². The predicted octanol–water partition coefficient (Wildman–Crippen LogP) is 1.03. The Morgan fingerprint density at radius 3 is 2.59 bits per heavy atom. The van der Waals surface area contributed by atoms with Gasteiger partial charge < -0.3 is 24.8 Å². The van der Waals surface area contributed by atoms with Crippen LogP contribution in [0.4, 0.5) is 0 Å². The summed E-state index contributed by atoms with van der Waals surface area (Å²) < 4.78 is 12.0. The smallest absolute Gasteiger partial charge is 0.170 e. The molecule has 2 spiro atoms. The maximum atomic E-state index is 13.4. The molecule has 3 N–H and O–H groups in total. The number of hydrogen-bond donors (Lipinski definition) is 3. The maximum absolute atomic E-state index is 13.4. The molecule has 10 atom stereocenters. The SMILES string of the molecule is C=C1C(=O)C23[C@@H]4C[C@@H]5C(C)(C)CC[C@@H](O)[C@@]5([C@H](OC)O4)[C@@H]2[C@@H](O)C[C@@H]1[C@H]3O. The molecule has 0 amide bonds. The summed E-state index contributed by atoms with van der Waals surface area (Å²) in [5, 5.41) is 33.9. The van der Waals surface area contributed by atoms with E-state index in [0.29, 0.717) is 24.8 Å². The minimum Gasteiger partial charge on any atom is -0.393 e. The van der Waals surface area contributed by atoms with Gasteiger partial charge in [0, 0.05) is 18.9 Å². The molecule has 6 heteroatoms. The van der Waals surface area contributed by atoms with Gasteiger partial charge in [0.05, 0.1) is 35.2 Å². The van der Waals surface area contributed by atoms with E-state index in [2.05, 4.69) is 20.4 Å². The number of ketones is 1. The van der Waals surface area contributed by atoms with Crippen molar-refractivity contribution < 1.29 is 29.6 Å². The topological polar surface area (TPSA) is 96.2 Å². The Hall–Kier alpha value is -0.790. The molecule has 27 heavy (non-hydrogen) atoms. The van der Waals surface area contributed by atoms with Gasteiger partial charge >= 0.3 is 0 Å². The van der Waals surface area contributed by atoms with Crippen molar-refractivity contribution in [2.75, 3.05) is 7.11 Å². The van der Waals surface area contributed by atoms with Gasteiger partial charge in [-0.15, -0.1) is 0 Å². The molecule has 4 saturated carbocycles. The van der Waals surface area contributed by atoms with E-state index in [1.54, 1.807) is 7.11 Å². The Balaban J connectivity index is 1.79. The zero-order chi connectivity index (χ0) is 19.5. The third-order valence-corrected chi connectivity index (χ3v) is 9.02.